The number of benzene rings is 2. The van der Waals surface area contributed by atoms with Gasteiger partial charge < -0.3 is 4.57 Å². The number of fused-ring (bicyclic) bond motifs is 2. The minimum atomic E-state index is 0.764. The maximum Gasteiger partial charge on any atom is 0.169 e. The molecule has 1 saturated carbocycles. The molecular weight excluding hydrogens is 338 g/mol. The first-order chi connectivity index (χ1) is 12.8. The smallest absolute Gasteiger partial charge is 0.169 e. The largest absolute Gasteiger partial charge is 0.314 e. The summed E-state index contributed by atoms with van der Waals surface area (Å²) in [6.07, 6.45) is 6.38. The van der Waals surface area contributed by atoms with Crippen molar-refractivity contribution in [2.24, 2.45) is 0 Å². The molecule has 5 rings (SSSR count). The maximum absolute atomic E-state index is 4.80. The van der Waals surface area contributed by atoms with Crippen molar-refractivity contribution in [3.63, 3.8) is 0 Å². The fourth-order valence-corrected chi connectivity index (χ4v) is 4.53. The molecule has 1 aliphatic carbocycles. The third-order valence-corrected chi connectivity index (χ3v) is 6.04. The van der Waals surface area contributed by atoms with E-state index >= 15 is 0 Å². The van der Waals surface area contributed by atoms with Crippen LogP contribution in [-0.4, -0.2) is 20.3 Å². The highest BCUT2D eigenvalue weighted by molar-refractivity contribution is 7.99. The summed E-state index contributed by atoms with van der Waals surface area (Å²) in [4.78, 5) is 9.04. The predicted octanol–water partition coefficient (Wildman–Crippen LogP) is 5.62. The van der Waals surface area contributed by atoms with Gasteiger partial charge in [0.25, 0.3) is 0 Å². The fraction of sp³-hybridized carbons (Fsp3) is 0.273. The monoisotopic (exact) mass is 359 g/mol. The number of nitrogens with zero attached hydrogens (tertiary/aromatic N) is 3. The van der Waals surface area contributed by atoms with Crippen LogP contribution in [0.5, 0.6) is 0 Å². The second-order valence-electron chi connectivity index (χ2n) is 6.91. The van der Waals surface area contributed by atoms with Gasteiger partial charge in [-0.3, -0.25) is 4.98 Å². The normalized spacial score (nSPS) is 14.3. The molecule has 3 nitrogen and oxygen atoms in total. The molecule has 0 unspecified atom stereocenters. The molecule has 0 aliphatic heterocycles. The molecule has 0 N–H and O–H groups in total. The molecule has 0 atom stereocenters. The standard InChI is InChI=1S/C22H21N3S/c1-2-26-22-24-20-13-23-12-11-21(20)25(22)14-16-9-10-18(15-7-8-15)19-6-4-3-5-17(16)19/h3-6,9-13,15H,2,7-8,14H2,1H3. The number of aromatic nitrogens is 3. The van der Waals surface area contributed by atoms with Crippen LogP contribution in [0.3, 0.4) is 0 Å². The molecule has 1 aliphatic rings. The summed E-state index contributed by atoms with van der Waals surface area (Å²) < 4.78 is 2.34. The molecule has 4 aromatic rings. The van der Waals surface area contributed by atoms with Gasteiger partial charge in [0, 0.05) is 6.20 Å². The Morgan fingerprint density at radius 1 is 1.08 bits per heavy atom. The van der Waals surface area contributed by atoms with Crippen molar-refractivity contribution in [1.82, 2.24) is 14.5 Å². The Morgan fingerprint density at radius 3 is 2.73 bits per heavy atom. The van der Waals surface area contributed by atoms with Gasteiger partial charge >= 0.3 is 0 Å². The molecule has 26 heavy (non-hydrogen) atoms. The molecular formula is C22H21N3S. The average molecular weight is 359 g/mol. The van der Waals surface area contributed by atoms with Crippen LogP contribution in [0.2, 0.25) is 0 Å². The highest BCUT2D eigenvalue weighted by Crippen LogP contribution is 2.43. The Balaban J connectivity index is 1.65. The first-order valence-corrected chi connectivity index (χ1v) is 10.3. The van der Waals surface area contributed by atoms with Crippen LogP contribution in [0.15, 0.2) is 60.0 Å². The SMILES string of the molecule is CCSc1nc2cnccc2n1Cc1ccc(C2CC2)c2ccccc12. The van der Waals surface area contributed by atoms with E-state index in [1.54, 1.807) is 11.8 Å². The van der Waals surface area contributed by atoms with E-state index in [1.165, 1.54) is 34.7 Å². The second-order valence-corrected chi connectivity index (χ2v) is 8.14. The van der Waals surface area contributed by atoms with Gasteiger partial charge in [-0.1, -0.05) is 55.1 Å². The maximum atomic E-state index is 4.80. The zero-order valence-corrected chi connectivity index (χ0v) is 15.7. The highest BCUT2D eigenvalue weighted by Gasteiger charge is 2.25. The van der Waals surface area contributed by atoms with E-state index < -0.39 is 0 Å². The number of pyridine rings is 1. The molecule has 2 aromatic carbocycles. The first-order valence-electron chi connectivity index (χ1n) is 9.28. The Morgan fingerprint density at radius 2 is 1.92 bits per heavy atom. The molecule has 0 spiro atoms. The third-order valence-electron chi connectivity index (χ3n) is 5.18. The summed E-state index contributed by atoms with van der Waals surface area (Å²) in [7, 11) is 0. The molecule has 0 radical (unpaired) electrons. The number of imidazole rings is 1. The molecule has 130 valence electrons. The van der Waals surface area contributed by atoms with Crippen LogP contribution >= 0.6 is 11.8 Å². The van der Waals surface area contributed by atoms with Crippen LogP contribution in [0.4, 0.5) is 0 Å². The lowest BCUT2D eigenvalue weighted by Gasteiger charge is -2.13. The zero-order chi connectivity index (χ0) is 17.5. The van der Waals surface area contributed by atoms with Crippen LogP contribution in [-0.2, 0) is 6.54 Å². The highest BCUT2D eigenvalue weighted by atomic mass is 32.2. The summed E-state index contributed by atoms with van der Waals surface area (Å²) in [6, 6.07) is 15.6. The third kappa shape index (κ3) is 2.69. The minimum absolute atomic E-state index is 0.764. The van der Waals surface area contributed by atoms with E-state index in [9.17, 15) is 0 Å². The van der Waals surface area contributed by atoms with Crippen LogP contribution in [0.25, 0.3) is 21.8 Å². The predicted molar refractivity (Wildman–Crippen MR) is 109 cm³/mol. The van der Waals surface area contributed by atoms with Gasteiger partial charge in [-0.05, 0) is 52.5 Å². The summed E-state index contributed by atoms with van der Waals surface area (Å²) >= 11 is 1.79. The van der Waals surface area contributed by atoms with Gasteiger partial charge in [0.05, 0.1) is 18.3 Å². The molecule has 0 amide bonds. The van der Waals surface area contributed by atoms with E-state index in [0.717, 1.165) is 34.4 Å². The van der Waals surface area contributed by atoms with Gasteiger partial charge in [-0.25, -0.2) is 4.98 Å². The molecule has 4 heteroatoms. The lowest BCUT2D eigenvalue weighted by molar-refractivity contribution is 0.735. The molecule has 1 fully saturated rings. The Labute approximate surface area is 157 Å². The molecule has 0 saturated heterocycles. The van der Waals surface area contributed by atoms with Crippen LogP contribution < -0.4 is 0 Å². The number of hydrogen-bond acceptors (Lipinski definition) is 3. The number of thioether (sulfide) groups is 1. The van der Waals surface area contributed by atoms with Gasteiger partial charge in [-0.15, -0.1) is 0 Å². The average Bonchev–Trinajstić information content (AvgIpc) is 3.46. The molecule has 0 bridgehead atoms. The Bertz CT molecular complexity index is 1100. The summed E-state index contributed by atoms with van der Waals surface area (Å²) in [5.74, 6) is 1.78. The summed E-state index contributed by atoms with van der Waals surface area (Å²) in [6.45, 7) is 3.01. The van der Waals surface area contributed by atoms with Crippen molar-refractivity contribution in [3.05, 3.63) is 66.0 Å². The van der Waals surface area contributed by atoms with Gasteiger partial charge in [0.2, 0.25) is 0 Å². The topological polar surface area (TPSA) is 30.7 Å². The lowest BCUT2D eigenvalue weighted by Crippen LogP contribution is -2.03. The first kappa shape index (κ1) is 15.9. The minimum Gasteiger partial charge on any atom is -0.314 e. The van der Waals surface area contributed by atoms with Gasteiger partial charge in [-0.2, -0.15) is 0 Å². The van der Waals surface area contributed by atoms with E-state index in [2.05, 4.69) is 58.9 Å². The van der Waals surface area contributed by atoms with E-state index in [4.69, 9.17) is 4.98 Å². The van der Waals surface area contributed by atoms with Crippen molar-refractivity contribution in [1.29, 1.82) is 0 Å². The van der Waals surface area contributed by atoms with E-state index in [1.807, 2.05) is 12.4 Å². The van der Waals surface area contributed by atoms with E-state index in [0.29, 0.717) is 0 Å². The van der Waals surface area contributed by atoms with Crippen molar-refractivity contribution >= 4 is 33.6 Å². The Kier molecular flexibility index (Phi) is 3.93. The quantitative estimate of drug-likeness (QED) is 0.433. The second kappa shape index (κ2) is 6.44. The van der Waals surface area contributed by atoms with Crippen molar-refractivity contribution in [3.8, 4) is 0 Å². The van der Waals surface area contributed by atoms with Crippen LogP contribution in [0, 0.1) is 0 Å². The van der Waals surface area contributed by atoms with Crippen LogP contribution in [0.1, 0.15) is 36.8 Å². The van der Waals surface area contributed by atoms with Crippen molar-refractivity contribution in [2.75, 3.05) is 5.75 Å². The number of hydrogen-bond donors (Lipinski definition) is 0. The zero-order valence-electron chi connectivity index (χ0n) is 14.9. The summed E-state index contributed by atoms with van der Waals surface area (Å²) in [5, 5.41) is 3.87. The van der Waals surface area contributed by atoms with Crippen molar-refractivity contribution in [2.45, 2.75) is 37.4 Å². The summed E-state index contributed by atoms with van der Waals surface area (Å²) in [5.41, 5.74) is 5.01. The molecule has 2 aromatic heterocycles. The lowest BCUT2D eigenvalue weighted by atomic mass is 9.97. The molecule has 2 heterocycles. The Hall–Kier alpha value is -2.33. The van der Waals surface area contributed by atoms with Crippen molar-refractivity contribution < 1.29 is 0 Å². The fourth-order valence-electron chi connectivity index (χ4n) is 3.80. The van der Waals surface area contributed by atoms with Gasteiger partial charge in [0.15, 0.2) is 5.16 Å². The van der Waals surface area contributed by atoms with Gasteiger partial charge in [0.1, 0.15) is 5.52 Å². The van der Waals surface area contributed by atoms with E-state index in [-0.39, 0.29) is 0 Å². The number of rotatable bonds is 5.